The molecule has 0 aliphatic heterocycles. The Bertz CT molecular complexity index is 223. The smallest absolute Gasteiger partial charge is 0.374 e. The van der Waals surface area contributed by atoms with Crippen LogP contribution in [0.15, 0.2) is 0 Å². The lowest BCUT2D eigenvalue weighted by Gasteiger charge is -2.43. The number of hydrogen-bond donors (Lipinski definition) is 0. The zero-order valence-electron chi connectivity index (χ0n) is 12.4. The molecule has 0 amide bonds. The minimum atomic E-state index is -2.50. The van der Waals surface area contributed by atoms with Crippen LogP contribution in [-0.2, 0) is 13.3 Å². The molecule has 0 aromatic heterocycles. The van der Waals surface area contributed by atoms with Crippen molar-refractivity contribution in [3.63, 3.8) is 0 Å². The highest BCUT2D eigenvalue weighted by molar-refractivity contribution is 7.26. The summed E-state index contributed by atoms with van der Waals surface area (Å²) in [5, 5.41) is 0. The first-order valence-corrected chi connectivity index (χ1v) is 12.4. The van der Waals surface area contributed by atoms with Crippen molar-refractivity contribution in [3.8, 4) is 0 Å². The van der Waals surface area contributed by atoms with E-state index in [4.69, 9.17) is 13.3 Å². The van der Waals surface area contributed by atoms with Gasteiger partial charge in [-0.1, -0.05) is 26.6 Å². The molecular weight excluding hydrogens is 267 g/mol. The summed E-state index contributed by atoms with van der Waals surface area (Å²) in [5.74, 6) is 0. The van der Waals surface area contributed by atoms with Crippen molar-refractivity contribution in [2.75, 3.05) is 13.2 Å². The average Bonchev–Trinajstić information content (AvgIpc) is 2.16. The summed E-state index contributed by atoms with van der Waals surface area (Å²) in [6.45, 7) is 16.4. The van der Waals surface area contributed by atoms with Crippen LogP contribution in [0.2, 0.25) is 25.7 Å². The average molecular weight is 296 g/mol. The van der Waals surface area contributed by atoms with E-state index in [0.29, 0.717) is 13.2 Å². The maximum Gasteiger partial charge on any atom is 0.501 e. The van der Waals surface area contributed by atoms with Gasteiger partial charge in [0.2, 0.25) is 0 Å². The Morgan fingerprint density at radius 2 is 1.41 bits per heavy atom. The van der Waals surface area contributed by atoms with E-state index in [0.717, 1.165) is 6.04 Å². The van der Waals surface area contributed by atoms with Gasteiger partial charge in [0.15, 0.2) is 0 Å². The molecule has 0 bridgehead atoms. The van der Waals surface area contributed by atoms with Crippen molar-refractivity contribution in [3.05, 3.63) is 0 Å². The Balaban J connectivity index is 4.96. The van der Waals surface area contributed by atoms with Gasteiger partial charge in [-0.3, -0.25) is 0 Å². The maximum absolute atomic E-state index is 6.34. The zero-order valence-corrected chi connectivity index (χ0v) is 15.6. The van der Waals surface area contributed by atoms with E-state index in [1.165, 1.54) is 0 Å². The lowest BCUT2D eigenvalue weighted by Crippen LogP contribution is -2.57. The molecule has 0 aromatic carbocycles. The molecule has 0 aliphatic rings. The molecule has 17 heavy (non-hydrogen) atoms. The predicted octanol–water partition coefficient (Wildman–Crippen LogP) is 3.50. The fourth-order valence-electron chi connectivity index (χ4n) is 1.29. The van der Waals surface area contributed by atoms with Crippen molar-refractivity contribution < 1.29 is 13.3 Å². The molecule has 0 spiro atoms. The number of hydrogen-bond acceptors (Lipinski definition) is 3. The van der Waals surface area contributed by atoms with E-state index in [-0.39, 0.29) is 4.97 Å². The molecule has 0 rings (SSSR count). The highest BCUT2D eigenvalue weighted by Gasteiger charge is 2.48. The van der Waals surface area contributed by atoms with Crippen LogP contribution in [0.1, 0.15) is 27.7 Å². The van der Waals surface area contributed by atoms with Crippen LogP contribution in [0.5, 0.6) is 0 Å². The molecule has 0 aliphatic carbocycles. The number of rotatable bonds is 8. The molecular formula is C11H29O3PSi2. The highest BCUT2D eigenvalue weighted by atomic mass is 31.0. The second-order valence-corrected chi connectivity index (χ2v) is 15.4. The summed E-state index contributed by atoms with van der Waals surface area (Å²) in [4.78, 5) is -0.209. The zero-order chi connectivity index (χ0) is 13.7. The van der Waals surface area contributed by atoms with Crippen LogP contribution in [-0.4, -0.2) is 35.1 Å². The Labute approximate surface area is 111 Å². The van der Waals surface area contributed by atoms with Gasteiger partial charge in [-0.15, -0.1) is 9.24 Å². The van der Waals surface area contributed by atoms with Gasteiger partial charge in [-0.05, 0) is 20.8 Å². The molecule has 6 heteroatoms. The second-order valence-electron chi connectivity index (χ2n) is 5.36. The first-order valence-electron chi connectivity index (χ1n) is 6.41. The van der Waals surface area contributed by atoms with Crippen molar-refractivity contribution in [2.24, 2.45) is 0 Å². The first-order chi connectivity index (χ1) is 7.64. The summed E-state index contributed by atoms with van der Waals surface area (Å²) in [6, 6.07) is 0.823. The molecule has 104 valence electrons. The maximum atomic E-state index is 6.34. The summed E-state index contributed by atoms with van der Waals surface area (Å²) in [6.07, 6.45) is 0. The molecule has 0 aromatic rings. The molecule has 0 saturated heterocycles. The molecule has 0 saturated carbocycles. The van der Waals surface area contributed by atoms with E-state index in [2.05, 4.69) is 42.7 Å². The molecule has 0 radical (unpaired) electrons. The Morgan fingerprint density at radius 3 is 1.65 bits per heavy atom. The fraction of sp³-hybridized carbons (Fsp3) is 1.00. The van der Waals surface area contributed by atoms with Gasteiger partial charge < -0.3 is 13.3 Å². The van der Waals surface area contributed by atoms with Gasteiger partial charge in [-0.2, -0.15) is 0 Å². The van der Waals surface area contributed by atoms with Crippen molar-refractivity contribution in [1.82, 2.24) is 0 Å². The standard InChI is InChI=1S/C11H29O3PSi2/c1-8-12-17(10-3,13-9-2)14-11(4,15)16(5,6)7/h8-10,15H2,1-7H3. The quantitative estimate of drug-likeness (QED) is 0.507. The first kappa shape index (κ1) is 17.7. The third-order valence-corrected chi connectivity index (χ3v) is 12.3. The molecule has 2 atom stereocenters. The molecule has 3 nitrogen and oxygen atoms in total. The van der Waals surface area contributed by atoms with Gasteiger partial charge >= 0.3 is 8.80 Å². The van der Waals surface area contributed by atoms with Gasteiger partial charge in [-0.25, -0.2) is 0 Å². The third-order valence-electron chi connectivity index (χ3n) is 3.02. The minimum absolute atomic E-state index is 0.209. The van der Waals surface area contributed by atoms with Gasteiger partial charge in [0, 0.05) is 19.3 Å². The normalized spacial score (nSPS) is 16.9. The second kappa shape index (κ2) is 6.78. The summed E-state index contributed by atoms with van der Waals surface area (Å²) >= 11 is 0. The van der Waals surface area contributed by atoms with E-state index in [9.17, 15) is 0 Å². The van der Waals surface area contributed by atoms with Gasteiger partial charge in [0.25, 0.3) is 0 Å². The molecule has 0 heterocycles. The Hall–Kier alpha value is 0.744. The van der Waals surface area contributed by atoms with Crippen molar-refractivity contribution in [1.29, 1.82) is 0 Å². The topological polar surface area (TPSA) is 27.7 Å². The van der Waals surface area contributed by atoms with Crippen LogP contribution >= 0.6 is 9.24 Å². The lowest BCUT2D eigenvalue weighted by atomic mass is 10.8. The Morgan fingerprint density at radius 1 is 1.00 bits per heavy atom. The summed E-state index contributed by atoms with van der Waals surface area (Å²) in [5.41, 5.74) is 0. The largest absolute Gasteiger partial charge is 0.501 e. The van der Waals surface area contributed by atoms with E-state index < -0.39 is 16.9 Å². The monoisotopic (exact) mass is 296 g/mol. The van der Waals surface area contributed by atoms with Crippen LogP contribution in [0.3, 0.4) is 0 Å². The van der Waals surface area contributed by atoms with Crippen LogP contribution in [0, 0.1) is 0 Å². The summed E-state index contributed by atoms with van der Waals surface area (Å²) < 4.78 is 18.0. The Kier molecular flexibility index (Phi) is 7.08. The van der Waals surface area contributed by atoms with Crippen molar-refractivity contribution >= 4 is 26.1 Å². The van der Waals surface area contributed by atoms with Gasteiger partial charge in [0.1, 0.15) is 0 Å². The third kappa shape index (κ3) is 5.09. The van der Waals surface area contributed by atoms with Crippen LogP contribution in [0.25, 0.3) is 0 Å². The van der Waals surface area contributed by atoms with E-state index in [1.54, 1.807) is 0 Å². The van der Waals surface area contributed by atoms with Gasteiger partial charge in [0.05, 0.1) is 13.0 Å². The molecule has 0 fully saturated rings. The summed E-state index contributed by atoms with van der Waals surface area (Å²) in [7, 11) is -1.09. The molecule has 0 N–H and O–H groups in total. The van der Waals surface area contributed by atoms with Crippen LogP contribution < -0.4 is 0 Å². The fourth-order valence-corrected chi connectivity index (χ4v) is 5.80. The lowest BCUT2D eigenvalue weighted by molar-refractivity contribution is 0.0487. The highest BCUT2D eigenvalue weighted by Crippen LogP contribution is 2.35. The SMILES string of the molecule is CCO[Si](CC)(OCC)OC(C)(P)[Si](C)(C)C. The van der Waals surface area contributed by atoms with Crippen LogP contribution in [0.4, 0.5) is 0 Å². The predicted molar refractivity (Wildman–Crippen MR) is 82.0 cm³/mol. The van der Waals surface area contributed by atoms with Crippen molar-refractivity contribution in [2.45, 2.75) is 58.3 Å². The van der Waals surface area contributed by atoms with E-state index >= 15 is 0 Å². The molecule has 2 unspecified atom stereocenters. The van der Waals surface area contributed by atoms with E-state index in [1.807, 2.05) is 13.8 Å². The minimum Gasteiger partial charge on any atom is -0.374 e.